The minimum atomic E-state index is 0.818. The van der Waals surface area contributed by atoms with Crippen LogP contribution in [0.4, 0.5) is 11.5 Å². The number of aromatic nitrogens is 2. The van der Waals surface area contributed by atoms with Gasteiger partial charge in [-0.05, 0) is 55.9 Å². The van der Waals surface area contributed by atoms with Gasteiger partial charge >= 0.3 is 0 Å². The van der Waals surface area contributed by atoms with E-state index in [2.05, 4.69) is 49.7 Å². The number of hydrogen-bond acceptors (Lipinski definition) is 6. The van der Waals surface area contributed by atoms with Gasteiger partial charge in [0.2, 0.25) is 0 Å². The first-order valence-corrected chi connectivity index (χ1v) is 9.78. The molecule has 2 heterocycles. The fourth-order valence-electron chi connectivity index (χ4n) is 3.38. The van der Waals surface area contributed by atoms with Gasteiger partial charge in [-0.1, -0.05) is 12.1 Å². The second-order valence-electron chi connectivity index (χ2n) is 6.86. The highest BCUT2D eigenvalue weighted by Crippen LogP contribution is 2.38. The van der Waals surface area contributed by atoms with Crippen LogP contribution in [0.1, 0.15) is 35.8 Å². The van der Waals surface area contributed by atoms with E-state index in [0.717, 1.165) is 40.2 Å². The third-order valence-electron chi connectivity index (χ3n) is 4.88. The molecule has 6 heteroatoms. The van der Waals surface area contributed by atoms with E-state index in [-0.39, 0.29) is 0 Å². The Labute approximate surface area is 157 Å². The van der Waals surface area contributed by atoms with Crippen molar-refractivity contribution >= 4 is 38.8 Å². The van der Waals surface area contributed by atoms with Crippen molar-refractivity contribution in [3.05, 3.63) is 46.6 Å². The van der Waals surface area contributed by atoms with Gasteiger partial charge in [0.1, 0.15) is 11.2 Å². The largest absolute Gasteiger partial charge is 0.378 e. The molecule has 0 radical (unpaired) electrons. The van der Waals surface area contributed by atoms with Gasteiger partial charge in [0.25, 0.3) is 0 Å². The summed E-state index contributed by atoms with van der Waals surface area (Å²) in [5, 5.41) is 5.74. The average molecular weight is 366 g/mol. The molecule has 1 aliphatic rings. The summed E-state index contributed by atoms with van der Waals surface area (Å²) in [5.74, 6) is 0.818. The number of thiophene rings is 1. The first-order chi connectivity index (χ1) is 12.6. The van der Waals surface area contributed by atoms with Crippen molar-refractivity contribution in [3.8, 4) is 0 Å². The normalized spacial score (nSPS) is 14.3. The van der Waals surface area contributed by atoms with Crippen molar-refractivity contribution in [2.45, 2.75) is 32.6 Å². The molecule has 26 heavy (non-hydrogen) atoms. The number of benzene rings is 1. The Kier molecular flexibility index (Phi) is 4.59. The summed E-state index contributed by atoms with van der Waals surface area (Å²) < 4.78 is 0. The maximum atomic E-state index is 4.59. The van der Waals surface area contributed by atoms with Crippen molar-refractivity contribution in [1.82, 2.24) is 9.97 Å². The SMILES string of the molecule is C/C(=N/Nc1ncnc2sc3c(c12)CCCC3)c1ccc(N(C)C)cc1. The highest BCUT2D eigenvalue weighted by molar-refractivity contribution is 7.19. The molecule has 1 aromatic carbocycles. The quantitative estimate of drug-likeness (QED) is 0.547. The van der Waals surface area contributed by atoms with Crippen LogP contribution in [0, 0.1) is 0 Å². The third-order valence-corrected chi connectivity index (χ3v) is 6.08. The minimum Gasteiger partial charge on any atom is -0.378 e. The molecule has 0 unspecified atom stereocenters. The lowest BCUT2D eigenvalue weighted by Gasteiger charge is -2.13. The van der Waals surface area contributed by atoms with Gasteiger partial charge in [-0.25, -0.2) is 9.97 Å². The molecule has 3 aromatic rings. The van der Waals surface area contributed by atoms with E-state index in [1.165, 1.54) is 29.0 Å². The molecular weight excluding hydrogens is 342 g/mol. The summed E-state index contributed by atoms with van der Waals surface area (Å²) >= 11 is 1.80. The monoisotopic (exact) mass is 365 g/mol. The van der Waals surface area contributed by atoms with E-state index in [0.29, 0.717) is 0 Å². The summed E-state index contributed by atoms with van der Waals surface area (Å²) in [7, 11) is 4.08. The lowest BCUT2D eigenvalue weighted by Crippen LogP contribution is -2.09. The molecule has 134 valence electrons. The second kappa shape index (κ2) is 7.03. The zero-order chi connectivity index (χ0) is 18.1. The second-order valence-corrected chi connectivity index (χ2v) is 7.95. The first kappa shape index (κ1) is 17.0. The molecule has 0 spiro atoms. The molecule has 0 atom stereocenters. The minimum absolute atomic E-state index is 0.818. The smallest absolute Gasteiger partial charge is 0.158 e. The molecule has 0 aliphatic heterocycles. The Bertz CT molecular complexity index is 956. The molecule has 4 rings (SSSR count). The Morgan fingerprint density at radius 3 is 2.65 bits per heavy atom. The predicted molar refractivity (Wildman–Crippen MR) is 111 cm³/mol. The number of nitrogens with zero attached hydrogens (tertiary/aromatic N) is 4. The van der Waals surface area contributed by atoms with E-state index in [1.54, 1.807) is 17.7 Å². The summed E-state index contributed by atoms with van der Waals surface area (Å²) in [4.78, 5) is 13.6. The van der Waals surface area contributed by atoms with E-state index in [1.807, 2.05) is 21.0 Å². The molecule has 0 amide bonds. The summed E-state index contributed by atoms with van der Waals surface area (Å²) in [6.45, 7) is 2.01. The van der Waals surface area contributed by atoms with Crippen molar-refractivity contribution in [2.24, 2.45) is 5.10 Å². The van der Waals surface area contributed by atoms with Crippen LogP contribution in [-0.2, 0) is 12.8 Å². The molecular formula is C20H23N5S. The van der Waals surface area contributed by atoms with Crippen LogP contribution in [0.2, 0.25) is 0 Å². The number of anilines is 2. The van der Waals surface area contributed by atoms with Crippen LogP contribution < -0.4 is 10.3 Å². The van der Waals surface area contributed by atoms with Gasteiger partial charge in [0.05, 0.1) is 11.1 Å². The number of aryl methyl sites for hydroxylation is 2. The number of rotatable bonds is 4. The van der Waals surface area contributed by atoms with Gasteiger partial charge in [-0.3, -0.25) is 5.43 Å². The van der Waals surface area contributed by atoms with Crippen molar-refractivity contribution in [1.29, 1.82) is 0 Å². The van der Waals surface area contributed by atoms with Gasteiger partial charge in [-0.15, -0.1) is 11.3 Å². The maximum absolute atomic E-state index is 4.59. The Morgan fingerprint density at radius 2 is 1.88 bits per heavy atom. The Balaban J connectivity index is 1.62. The van der Waals surface area contributed by atoms with Crippen molar-refractivity contribution < 1.29 is 0 Å². The molecule has 0 fully saturated rings. The average Bonchev–Trinajstić information content (AvgIpc) is 3.05. The third kappa shape index (κ3) is 3.17. The topological polar surface area (TPSA) is 53.4 Å². The van der Waals surface area contributed by atoms with Crippen LogP contribution in [0.3, 0.4) is 0 Å². The first-order valence-electron chi connectivity index (χ1n) is 8.97. The van der Waals surface area contributed by atoms with Crippen LogP contribution >= 0.6 is 11.3 Å². The number of hydrogen-bond donors (Lipinski definition) is 1. The van der Waals surface area contributed by atoms with Gasteiger partial charge in [0, 0.05) is 24.7 Å². The van der Waals surface area contributed by atoms with E-state index < -0.39 is 0 Å². The van der Waals surface area contributed by atoms with Crippen LogP contribution in [0.25, 0.3) is 10.2 Å². The fraction of sp³-hybridized carbons (Fsp3) is 0.350. The van der Waals surface area contributed by atoms with E-state index in [4.69, 9.17) is 0 Å². The molecule has 1 aliphatic carbocycles. The van der Waals surface area contributed by atoms with Gasteiger partial charge in [-0.2, -0.15) is 5.10 Å². The zero-order valence-electron chi connectivity index (χ0n) is 15.4. The summed E-state index contributed by atoms with van der Waals surface area (Å²) in [5.41, 5.74) is 7.82. The standard InChI is InChI=1S/C20H23N5S/c1-13(14-8-10-15(11-9-14)25(2)3)23-24-19-18-16-6-4-5-7-17(16)26-20(18)22-12-21-19/h8-12H,4-7H2,1-3H3,(H,21,22,24)/b23-13-. The molecule has 2 aromatic heterocycles. The van der Waals surface area contributed by atoms with Gasteiger partial charge < -0.3 is 4.90 Å². The molecule has 0 saturated carbocycles. The molecule has 0 bridgehead atoms. The number of nitrogens with one attached hydrogen (secondary N) is 1. The van der Waals surface area contributed by atoms with Crippen LogP contribution in [0.5, 0.6) is 0 Å². The highest BCUT2D eigenvalue weighted by Gasteiger charge is 2.19. The summed E-state index contributed by atoms with van der Waals surface area (Å²) in [6.07, 6.45) is 6.43. The summed E-state index contributed by atoms with van der Waals surface area (Å²) in [6, 6.07) is 8.40. The van der Waals surface area contributed by atoms with Gasteiger partial charge in [0.15, 0.2) is 5.82 Å². The van der Waals surface area contributed by atoms with E-state index >= 15 is 0 Å². The number of hydrazone groups is 1. The lowest BCUT2D eigenvalue weighted by atomic mass is 9.97. The molecule has 5 nitrogen and oxygen atoms in total. The highest BCUT2D eigenvalue weighted by atomic mass is 32.1. The lowest BCUT2D eigenvalue weighted by molar-refractivity contribution is 0.700. The molecule has 0 saturated heterocycles. The van der Waals surface area contributed by atoms with Crippen molar-refractivity contribution in [3.63, 3.8) is 0 Å². The van der Waals surface area contributed by atoms with E-state index in [9.17, 15) is 0 Å². The predicted octanol–water partition coefficient (Wildman–Crippen LogP) is 4.47. The van der Waals surface area contributed by atoms with Crippen LogP contribution in [0.15, 0.2) is 35.7 Å². The Hall–Kier alpha value is -2.47. The fourth-order valence-corrected chi connectivity index (χ4v) is 4.61. The number of fused-ring (bicyclic) bond motifs is 3. The Morgan fingerprint density at radius 1 is 1.12 bits per heavy atom. The molecule has 1 N–H and O–H groups in total. The van der Waals surface area contributed by atoms with Crippen LogP contribution in [-0.4, -0.2) is 29.8 Å². The van der Waals surface area contributed by atoms with Crippen molar-refractivity contribution in [2.75, 3.05) is 24.4 Å². The zero-order valence-corrected chi connectivity index (χ0v) is 16.2. The maximum Gasteiger partial charge on any atom is 0.158 e.